The van der Waals surface area contributed by atoms with E-state index in [1.165, 1.54) is 16.7 Å². The van der Waals surface area contributed by atoms with Crippen LogP contribution in [0.2, 0.25) is 0 Å². The number of ether oxygens (including phenoxy) is 1. The zero-order valence-electron chi connectivity index (χ0n) is 18.8. The van der Waals surface area contributed by atoms with E-state index in [2.05, 4.69) is 53.9 Å². The summed E-state index contributed by atoms with van der Waals surface area (Å²) in [5, 5.41) is 10.9. The van der Waals surface area contributed by atoms with Gasteiger partial charge in [0.15, 0.2) is 5.96 Å². The first-order valence-electron chi connectivity index (χ1n) is 11.2. The molecule has 0 amide bonds. The zero-order valence-corrected chi connectivity index (χ0v) is 18.8. The van der Waals surface area contributed by atoms with Gasteiger partial charge in [0.2, 0.25) is 0 Å². The lowest BCUT2D eigenvalue weighted by atomic mass is 9.89. The van der Waals surface area contributed by atoms with E-state index in [1.54, 1.807) is 0 Å². The number of nitrogens with one attached hydrogen (secondary N) is 2. The van der Waals surface area contributed by atoms with Gasteiger partial charge in [-0.25, -0.2) is 0 Å². The zero-order chi connectivity index (χ0) is 21.3. The molecule has 1 saturated heterocycles. The number of aromatic nitrogens is 1. The van der Waals surface area contributed by atoms with E-state index in [0.717, 1.165) is 69.3 Å². The van der Waals surface area contributed by atoms with Crippen molar-refractivity contribution in [2.75, 3.05) is 26.2 Å². The molecule has 2 unspecified atom stereocenters. The van der Waals surface area contributed by atoms with E-state index >= 15 is 0 Å². The third-order valence-corrected chi connectivity index (χ3v) is 5.76. The molecule has 1 aliphatic rings. The quantitative estimate of drug-likeness (QED) is 0.385. The Bertz CT molecular complexity index is 794. The largest absolute Gasteiger partial charge is 0.373 e. The second kappa shape index (κ2) is 11.2. The molecule has 2 aromatic rings. The van der Waals surface area contributed by atoms with Crippen molar-refractivity contribution in [2.24, 2.45) is 10.9 Å². The van der Waals surface area contributed by atoms with Crippen molar-refractivity contribution in [2.45, 2.75) is 59.5 Å². The molecule has 2 heterocycles. The van der Waals surface area contributed by atoms with Crippen molar-refractivity contribution in [3.8, 4) is 0 Å². The number of aryl methyl sites for hydroxylation is 3. The van der Waals surface area contributed by atoms with E-state index in [4.69, 9.17) is 14.3 Å². The molecule has 1 aliphatic heterocycles. The first kappa shape index (κ1) is 22.3. The molecule has 6 heteroatoms. The summed E-state index contributed by atoms with van der Waals surface area (Å²) in [5.41, 5.74) is 4.75. The number of aliphatic imine (C=N–C) groups is 1. The van der Waals surface area contributed by atoms with Crippen LogP contribution in [0.5, 0.6) is 0 Å². The van der Waals surface area contributed by atoms with Gasteiger partial charge in [0, 0.05) is 37.7 Å². The van der Waals surface area contributed by atoms with E-state index in [-0.39, 0.29) is 6.10 Å². The molecule has 6 nitrogen and oxygen atoms in total. The minimum absolute atomic E-state index is 0.130. The van der Waals surface area contributed by atoms with Crippen LogP contribution in [0.1, 0.15) is 60.4 Å². The fourth-order valence-electron chi connectivity index (χ4n) is 4.04. The van der Waals surface area contributed by atoms with E-state index in [0.29, 0.717) is 5.92 Å². The molecule has 2 N–H and O–H groups in total. The number of hydrogen-bond acceptors (Lipinski definition) is 4. The van der Waals surface area contributed by atoms with Gasteiger partial charge in [-0.05, 0) is 58.9 Å². The highest BCUT2D eigenvalue weighted by molar-refractivity contribution is 5.79. The highest BCUT2D eigenvalue weighted by atomic mass is 16.5. The van der Waals surface area contributed by atoms with Crippen LogP contribution in [0.3, 0.4) is 0 Å². The molecular formula is C24H36N4O2. The van der Waals surface area contributed by atoms with Gasteiger partial charge in [0.25, 0.3) is 0 Å². The molecule has 2 atom stereocenters. The van der Waals surface area contributed by atoms with Crippen molar-refractivity contribution in [1.29, 1.82) is 0 Å². The maximum Gasteiger partial charge on any atom is 0.191 e. The number of rotatable bonds is 8. The number of nitrogens with zero attached hydrogens (tertiary/aromatic N) is 2. The summed E-state index contributed by atoms with van der Waals surface area (Å²) < 4.78 is 11.4. The SMILES string of the molecule is CCNC(=NCC1CCCOC1c1ccc(C)cc1)NCCCc1c(C)noc1C. The molecule has 3 rings (SSSR count). The Labute approximate surface area is 180 Å². The minimum Gasteiger partial charge on any atom is -0.373 e. The number of guanidine groups is 1. The lowest BCUT2D eigenvalue weighted by molar-refractivity contribution is -0.0250. The first-order chi connectivity index (χ1) is 14.6. The molecule has 0 saturated carbocycles. The number of benzene rings is 1. The average Bonchev–Trinajstić information content (AvgIpc) is 3.07. The van der Waals surface area contributed by atoms with Crippen LogP contribution in [-0.2, 0) is 11.2 Å². The monoisotopic (exact) mass is 412 g/mol. The molecule has 1 aromatic heterocycles. The lowest BCUT2D eigenvalue weighted by Gasteiger charge is -2.31. The van der Waals surface area contributed by atoms with Gasteiger partial charge in [-0.1, -0.05) is 35.0 Å². The van der Waals surface area contributed by atoms with Gasteiger partial charge in [-0.15, -0.1) is 0 Å². The molecular weight excluding hydrogens is 376 g/mol. The summed E-state index contributed by atoms with van der Waals surface area (Å²) in [6, 6.07) is 8.72. The summed E-state index contributed by atoms with van der Waals surface area (Å²) in [4.78, 5) is 4.88. The van der Waals surface area contributed by atoms with E-state index in [1.807, 2.05) is 13.8 Å². The second-order valence-electron chi connectivity index (χ2n) is 8.16. The van der Waals surface area contributed by atoms with Crippen molar-refractivity contribution in [3.05, 3.63) is 52.4 Å². The van der Waals surface area contributed by atoms with Crippen molar-refractivity contribution in [1.82, 2.24) is 15.8 Å². The van der Waals surface area contributed by atoms with Crippen LogP contribution in [0.4, 0.5) is 0 Å². The molecule has 0 bridgehead atoms. The summed E-state index contributed by atoms with van der Waals surface area (Å²) in [7, 11) is 0. The standard InChI is InChI=1S/C24H36N4O2/c1-5-25-24(26-14-6-9-22-18(3)28-30-19(22)4)27-16-21-8-7-15-29-23(21)20-12-10-17(2)11-13-20/h10-13,21,23H,5-9,14-16H2,1-4H3,(H2,25,26,27). The molecule has 0 radical (unpaired) electrons. The normalized spacial score (nSPS) is 19.7. The van der Waals surface area contributed by atoms with Crippen LogP contribution >= 0.6 is 0 Å². The number of hydrogen-bond donors (Lipinski definition) is 2. The molecule has 164 valence electrons. The van der Waals surface area contributed by atoms with Gasteiger partial charge in [0.1, 0.15) is 5.76 Å². The van der Waals surface area contributed by atoms with Crippen molar-refractivity contribution >= 4 is 5.96 Å². The Kier molecular flexibility index (Phi) is 8.31. The van der Waals surface area contributed by atoms with Gasteiger partial charge >= 0.3 is 0 Å². The molecule has 1 fully saturated rings. The Hall–Kier alpha value is -2.34. The summed E-state index contributed by atoms with van der Waals surface area (Å²) in [6.07, 6.45) is 4.34. The van der Waals surface area contributed by atoms with Gasteiger partial charge in [0.05, 0.1) is 11.8 Å². The van der Waals surface area contributed by atoms with Crippen molar-refractivity contribution in [3.63, 3.8) is 0 Å². The fourth-order valence-corrected chi connectivity index (χ4v) is 4.04. The van der Waals surface area contributed by atoms with Gasteiger partial charge in [-0.3, -0.25) is 4.99 Å². The lowest BCUT2D eigenvalue weighted by Crippen LogP contribution is -2.38. The summed E-state index contributed by atoms with van der Waals surface area (Å²) in [5.74, 6) is 2.20. The highest BCUT2D eigenvalue weighted by Gasteiger charge is 2.27. The summed E-state index contributed by atoms with van der Waals surface area (Å²) >= 11 is 0. The molecule has 30 heavy (non-hydrogen) atoms. The Morgan fingerprint density at radius 3 is 2.67 bits per heavy atom. The Morgan fingerprint density at radius 2 is 1.97 bits per heavy atom. The molecule has 1 aromatic carbocycles. The van der Waals surface area contributed by atoms with Gasteiger partial charge < -0.3 is 19.9 Å². The smallest absolute Gasteiger partial charge is 0.191 e. The maximum atomic E-state index is 6.15. The molecule has 0 aliphatic carbocycles. The van der Waals surface area contributed by atoms with Crippen LogP contribution in [-0.4, -0.2) is 37.4 Å². The third kappa shape index (κ3) is 6.08. The Balaban J connectivity index is 1.55. The molecule has 0 spiro atoms. The van der Waals surface area contributed by atoms with E-state index < -0.39 is 0 Å². The fraction of sp³-hybridized carbons (Fsp3) is 0.583. The second-order valence-corrected chi connectivity index (χ2v) is 8.16. The van der Waals surface area contributed by atoms with Crippen LogP contribution in [0.25, 0.3) is 0 Å². The topological polar surface area (TPSA) is 71.7 Å². The highest BCUT2D eigenvalue weighted by Crippen LogP contribution is 2.33. The van der Waals surface area contributed by atoms with E-state index in [9.17, 15) is 0 Å². The van der Waals surface area contributed by atoms with Crippen LogP contribution in [0.15, 0.2) is 33.8 Å². The van der Waals surface area contributed by atoms with Crippen LogP contribution < -0.4 is 10.6 Å². The minimum atomic E-state index is 0.130. The predicted octanol–water partition coefficient (Wildman–Crippen LogP) is 4.26. The third-order valence-electron chi connectivity index (χ3n) is 5.76. The van der Waals surface area contributed by atoms with Crippen LogP contribution in [0, 0.1) is 26.7 Å². The van der Waals surface area contributed by atoms with Crippen molar-refractivity contribution < 1.29 is 9.26 Å². The van der Waals surface area contributed by atoms with Gasteiger partial charge in [-0.2, -0.15) is 0 Å². The predicted molar refractivity (Wildman–Crippen MR) is 121 cm³/mol. The average molecular weight is 413 g/mol. The maximum absolute atomic E-state index is 6.15. The summed E-state index contributed by atoms with van der Waals surface area (Å²) in [6.45, 7) is 11.5. The Morgan fingerprint density at radius 1 is 1.17 bits per heavy atom. The first-order valence-corrected chi connectivity index (χ1v) is 11.2.